The van der Waals surface area contributed by atoms with Crippen LogP contribution in [0.1, 0.15) is 6.92 Å². The molecule has 0 saturated heterocycles. The second kappa shape index (κ2) is 4.31. The van der Waals surface area contributed by atoms with Gasteiger partial charge in [-0.1, -0.05) is 23.2 Å². The summed E-state index contributed by atoms with van der Waals surface area (Å²) in [6.07, 6.45) is -0.723. The van der Waals surface area contributed by atoms with E-state index in [2.05, 4.69) is 10.5 Å². The summed E-state index contributed by atoms with van der Waals surface area (Å²) >= 11 is 11.7. The van der Waals surface area contributed by atoms with E-state index in [1.807, 2.05) is 0 Å². The lowest BCUT2D eigenvalue weighted by molar-refractivity contribution is -0.124. The van der Waals surface area contributed by atoms with Gasteiger partial charge in [0.25, 0.3) is 5.91 Å². The van der Waals surface area contributed by atoms with Gasteiger partial charge in [-0.25, -0.2) is 5.43 Å². The number of amides is 1. The highest BCUT2D eigenvalue weighted by atomic mass is 35.5. The van der Waals surface area contributed by atoms with Gasteiger partial charge >= 0.3 is 0 Å². The van der Waals surface area contributed by atoms with Crippen LogP contribution in [0.4, 0.5) is 0 Å². The molecule has 0 bridgehead atoms. The van der Waals surface area contributed by atoms with Crippen LogP contribution in [-0.4, -0.2) is 17.7 Å². The summed E-state index contributed by atoms with van der Waals surface area (Å²) in [4.78, 5) is 11.3. The number of carbonyl (C=O) groups excluding carboxylic acids is 1. The molecule has 2 rings (SSSR count). The first kappa shape index (κ1) is 11.2. The molecular formula is C10H8Cl2N2O2. The molecule has 0 aliphatic carbocycles. The minimum Gasteiger partial charge on any atom is -0.473 e. The zero-order valence-corrected chi connectivity index (χ0v) is 9.84. The highest BCUT2D eigenvalue weighted by Crippen LogP contribution is 2.28. The van der Waals surface area contributed by atoms with E-state index in [0.717, 1.165) is 0 Å². The first-order valence-corrected chi connectivity index (χ1v) is 5.29. The summed E-state index contributed by atoms with van der Waals surface area (Å²) in [7, 11) is 0. The van der Waals surface area contributed by atoms with Gasteiger partial charge in [-0.15, -0.1) is 0 Å². The number of benzene rings is 1. The lowest BCUT2D eigenvalue weighted by Crippen LogP contribution is -2.33. The van der Waals surface area contributed by atoms with Gasteiger partial charge in [0.2, 0.25) is 6.10 Å². The van der Waals surface area contributed by atoms with Crippen LogP contribution in [0, 0.1) is 0 Å². The van der Waals surface area contributed by atoms with Crippen molar-refractivity contribution in [2.24, 2.45) is 5.10 Å². The van der Waals surface area contributed by atoms with E-state index in [-0.39, 0.29) is 5.91 Å². The second-order valence-corrected chi connectivity index (χ2v) is 4.15. The summed E-state index contributed by atoms with van der Waals surface area (Å²) in [6.45, 7) is 1.70. The van der Waals surface area contributed by atoms with Crippen molar-refractivity contribution in [2.75, 3.05) is 0 Å². The predicted molar refractivity (Wildman–Crippen MR) is 62.1 cm³/mol. The molecule has 1 aliphatic rings. The number of hydrogen-bond donors (Lipinski definition) is 1. The molecular weight excluding hydrogens is 251 g/mol. The SMILES string of the molecule is CC1=NNC(=O)C1Oc1ccc(Cl)cc1Cl. The smallest absolute Gasteiger partial charge is 0.287 e. The van der Waals surface area contributed by atoms with E-state index in [9.17, 15) is 4.79 Å². The largest absolute Gasteiger partial charge is 0.473 e. The Morgan fingerprint density at radius 3 is 2.75 bits per heavy atom. The molecule has 1 N–H and O–H groups in total. The number of nitrogens with one attached hydrogen (secondary N) is 1. The standard InChI is InChI=1S/C10H8Cl2N2O2/c1-5-9(10(15)14-13-5)16-8-3-2-6(11)4-7(8)12/h2-4,9H,1H3,(H,14,15). The van der Waals surface area contributed by atoms with E-state index in [0.29, 0.717) is 21.5 Å². The third kappa shape index (κ3) is 2.13. The zero-order chi connectivity index (χ0) is 11.7. The van der Waals surface area contributed by atoms with Gasteiger partial charge < -0.3 is 4.74 Å². The summed E-state index contributed by atoms with van der Waals surface area (Å²) < 4.78 is 5.45. The summed E-state index contributed by atoms with van der Waals surface area (Å²) in [5, 5.41) is 4.64. The number of hydrazone groups is 1. The average Bonchev–Trinajstić information content (AvgIpc) is 2.53. The van der Waals surface area contributed by atoms with Crippen molar-refractivity contribution in [1.82, 2.24) is 5.43 Å². The summed E-state index contributed by atoms with van der Waals surface area (Å²) in [5.41, 5.74) is 2.89. The van der Waals surface area contributed by atoms with E-state index in [1.54, 1.807) is 25.1 Å². The van der Waals surface area contributed by atoms with Gasteiger partial charge in [-0.3, -0.25) is 4.79 Å². The van der Waals surface area contributed by atoms with Crippen molar-refractivity contribution in [2.45, 2.75) is 13.0 Å². The molecule has 1 aromatic carbocycles. The number of carbonyl (C=O) groups is 1. The number of nitrogens with zero attached hydrogens (tertiary/aromatic N) is 1. The maximum Gasteiger partial charge on any atom is 0.287 e. The number of hydrogen-bond acceptors (Lipinski definition) is 3. The van der Waals surface area contributed by atoms with Crippen LogP contribution >= 0.6 is 23.2 Å². The van der Waals surface area contributed by atoms with Crippen LogP contribution in [0.25, 0.3) is 0 Å². The Morgan fingerprint density at radius 1 is 1.44 bits per heavy atom. The van der Waals surface area contributed by atoms with E-state index >= 15 is 0 Å². The van der Waals surface area contributed by atoms with Crippen LogP contribution in [0.5, 0.6) is 5.75 Å². The first-order valence-electron chi connectivity index (χ1n) is 4.53. The molecule has 16 heavy (non-hydrogen) atoms. The van der Waals surface area contributed by atoms with Crippen molar-refractivity contribution in [3.05, 3.63) is 28.2 Å². The summed E-state index contributed by atoms with van der Waals surface area (Å²) in [5.74, 6) is 0.103. The Morgan fingerprint density at radius 2 is 2.19 bits per heavy atom. The van der Waals surface area contributed by atoms with Crippen LogP contribution in [0.15, 0.2) is 23.3 Å². The Balaban J connectivity index is 2.21. The van der Waals surface area contributed by atoms with Gasteiger partial charge in [0.1, 0.15) is 5.75 Å². The number of ether oxygens (including phenoxy) is 1. The molecule has 1 amide bonds. The maximum absolute atomic E-state index is 11.3. The van der Waals surface area contributed by atoms with Crippen molar-refractivity contribution < 1.29 is 9.53 Å². The normalized spacial score (nSPS) is 19.3. The van der Waals surface area contributed by atoms with Crippen molar-refractivity contribution in [1.29, 1.82) is 0 Å². The Bertz CT molecular complexity index is 474. The molecule has 0 spiro atoms. The minimum absolute atomic E-state index is 0.302. The fraction of sp³-hybridized carbons (Fsp3) is 0.200. The fourth-order valence-corrected chi connectivity index (χ4v) is 1.74. The third-order valence-corrected chi connectivity index (χ3v) is 2.63. The topological polar surface area (TPSA) is 50.7 Å². The van der Waals surface area contributed by atoms with Crippen LogP contribution in [0.2, 0.25) is 10.0 Å². The average molecular weight is 259 g/mol. The highest BCUT2D eigenvalue weighted by molar-refractivity contribution is 6.35. The molecule has 0 fully saturated rings. The highest BCUT2D eigenvalue weighted by Gasteiger charge is 2.29. The lowest BCUT2D eigenvalue weighted by Gasteiger charge is -2.12. The van der Waals surface area contributed by atoms with Crippen molar-refractivity contribution in [3.63, 3.8) is 0 Å². The molecule has 6 heteroatoms. The third-order valence-electron chi connectivity index (χ3n) is 2.10. The summed E-state index contributed by atoms with van der Waals surface area (Å²) in [6, 6.07) is 4.81. The van der Waals surface area contributed by atoms with Crippen molar-refractivity contribution >= 4 is 34.8 Å². The van der Waals surface area contributed by atoms with Crippen LogP contribution in [-0.2, 0) is 4.79 Å². The molecule has 1 atom stereocenters. The molecule has 0 radical (unpaired) electrons. The van der Waals surface area contributed by atoms with E-state index < -0.39 is 6.10 Å². The molecule has 1 aliphatic heterocycles. The molecule has 4 nitrogen and oxygen atoms in total. The molecule has 0 aromatic heterocycles. The molecule has 84 valence electrons. The number of halogens is 2. The first-order chi connectivity index (χ1) is 7.58. The molecule has 0 saturated carbocycles. The van der Waals surface area contributed by atoms with Crippen LogP contribution < -0.4 is 10.2 Å². The predicted octanol–water partition coefficient (Wildman–Crippen LogP) is 2.25. The van der Waals surface area contributed by atoms with Crippen molar-refractivity contribution in [3.8, 4) is 5.75 Å². The molecule has 1 aromatic rings. The van der Waals surface area contributed by atoms with Gasteiger partial charge in [-0.2, -0.15) is 5.10 Å². The van der Waals surface area contributed by atoms with Gasteiger partial charge in [-0.05, 0) is 25.1 Å². The monoisotopic (exact) mass is 258 g/mol. The van der Waals surface area contributed by atoms with Gasteiger partial charge in [0.15, 0.2) is 0 Å². The van der Waals surface area contributed by atoms with Gasteiger partial charge in [0, 0.05) is 5.02 Å². The molecule has 1 unspecified atom stereocenters. The van der Waals surface area contributed by atoms with Crippen LogP contribution in [0.3, 0.4) is 0 Å². The Hall–Kier alpha value is -1.26. The zero-order valence-electron chi connectivity index (χ0n) is 8.33. The van der Waals surface area contributed by atoms with E-state index in [4.69, 9.17) is 27.9 Å². The Kier molecular flexibility index (Phi) is 3.03. The Labute approximate surface area is 102 Å². The minimum atomic E-state index is -0.723. The fourth-order valence-electron chi connectivity index (χ4n) is 1.29. The quantitative estimate of drug-likeness (QED) is 0.885. The lowest BCUT2D eigenvalue weighted by atomic mass is 10.2. The maximum atomic E-state index is 11.3. The molecule has 1 heterocycles. The number of rotatable bonds is 2. The second-order valence-electron chi connectivity index (χ2n) is 3.30. The van der Waals surface area contributed by atoms with Gasteiger partial charge in [0.05, 0.1) is 10.7 Å². The van der Waals surface area contributed by atoms with E-state index in [1.165, 1.54) is 0 Å².